The zero-order valence-electron chi connectivity index (χ0n) is 16.4. The first-order valence-corrected chi connectivity index (χ1v) is 9.97. The molecular formula is C22H28N4O. The van der Waals surface area contributed by atoms with Crippen molar-refractivity contribution in [1.29, 1.82) is 0 Å². The van der Waals surface area contributed by atoms with Crippen molar-refractivity contribution in [2.75, 3.05) is 13.1 Å². The van der Waals surface area contributed by atoms with E-state index in [1.165, 1.54) is 22.3 Å². The summed E-state index contributed by atoms with van der Waals surface area (Å²) >= 11 is 0. The molecule has 2 atom stereocenters. The van der Waals surface area contributed by atoms with Crippen LogP contribution >= 0.6 is 0 Å². The number of allylic oxidation sites excluding steroid dienone is 1. The SMILES string of the molecule is CCc1ccc(C2CCN=C3CCN[C@@H](C)C3=C2n2cc[nH]c2=O)cc1C. The summed E-state index contributed by atoms with van der Waals surface area (Å²) in [4.78, 5) is 20.3. The van der Waals surface area contributed by atoms with E-state index in [2.05, 4.69) is 49.3 Å². The van der Waals surface area contributed by atoms with Gasteiger partial charge in [0.05, 0.1) is 0 Å². The fourth-order valence-corrected chi connectivity index (χ4v) is 4.55. The first kappa shape index (κ1) is 18.0. The Morgan fingerprint density at radius 2 is 2.19 bits per heavy atom. The van der Waals surface area contributed by atoms with Gasteiger partial charge in [-0.05, 0) is 43.4 Å². The van der Waals surface area contributed by atoms with Crippen LogP contribution in [0.4, 0.5) is 0 Å². The van der Waals surface area contributed by atoms with E-state index in [1.54, 1.807) is 10.8 Å². The summed E-state index contributed by atoms with van der Waals surface area (Å²) in [6.45, 7) is 8.29. The van der Waals surface area contributed by atoms with Gasteiger partial charge in [0.2, 0.25) is 0 Å². The lowest BCUT2D eigenvalue weighted by Gasteiger charge is -2.30. The Morgan fingerprint density at radius 3 is 2.89 bits per heavy atom. The molecule has 0 amide bonds. The molecule has 1 unspecified atom stereocenters. The Labute approximate surface area is 160 Å². The third kappa shape index (κ3) is 3.21. The fraction of sp³-hybridized carbons (Fsp3) is 0.455. The lowest BCUT2D eigenvalue weighted by Crippen LogP contribution is -2.40. The molecule has 0 saturated carbocycles. The van der Waals surface area contributed by atoms with Crippen molar-refractivity contribution in [2.24, 2.45) is 4.99 Å². The van der Waals surface area contributed by atoms with E-state index in [0.717, 1.165) is 43.8 Å². The Bertz CT molecular complexity index is 963. The molecule has 2 aliphatic rings. The van der Waals surface area contributed by atoms with Gasteiger partial charge >= 0.3 is 5.69 Å². The Hall–Kier alpha value is -2.40. The van der Waals surface area contributed by atoms with E-state index < -0.39 is 0 Å². The number of nitrogens with zero attached hydrogens (tertiary/aromatic N) is 2. The van der Waals surface area contributed by atoms with Crippen LogP contribution in [0.15, 0.2) is 46.0 Å². The molecule has 2 aliphatic heterocycles. The number of nitrogens with one attached hydrogen (secondary N) is 2. The number of aromatic nitrogens is 2. The summed E-state index contributed by atoms with van der Waals surface area (Å²) in [5, 5.41) is 3.56. The standard InChI is InChI=1S/C22H28N4O/c1-4-16-5-6-17(13-14(16)2)18-7-9-24-19-8-10-23-15(3)20(19)21(18)26-12-11-25-22(26)27/h5-6,11-13,15,18,23H,4,7-10H2,1-3H3,(H,25,27)/t15-,18?/m0/s1. The molecule has 0 aliphatic carbocycles. The van der Waals surface area contributed by atoms with Crippen molar-refractivity contribution < 1.29 is 0 Å². The van der Waals surface area contributed by atoms with Gasteiger partial charge in [-0.2, -0.15) is 0 Å². The van der Waals surface area contributed by atoms with Crippen molar-refractivity contribution in [3.8, 4) is 0 Å². The van der Waals surface area contributed by atoms with Crippen molar-refractivity contribution in [3.05, 3.63) is 63.3 Å². The van der Waals surface area contributed by atoms with E-state index in [9.17, 15) is 4.79 Å². The first-order valence-electron chi connectivity index (χ1n) is 9.97. The molecule has 0 spiro atoms. The number of rotatable bonds is 3. The number of fused-ring (bicyclic) bond motifs is 1. The molecule has 3 heterocycles. The third-order valence-electron chi connectivity index (χ3n) is 5.94. The van der Waals surface area contributed by atoms with Gasteiger partial charge in [0, 0.05) is 60.8 Å². The second-order valence-electron chi connectivity index (χ2n) is 7.57. The maximum atomic E-state index is 12.6. The molecule has 1 aromatic carbocycles. The number of hydrogen-bond donors (Lipinski definition) is 2. The normalized spacial score (nSPS) is 23.0. The molecule has 4 rings (SSSR count). The number of benzene rings is 1. The average molecular weight is 364 g/mol. The Kier molecular flexibility index (Phi) is 4.87. The zero-order valence-corrected chi connectivity index (χ0v) is 16.4. The minimum Gasteiger partial charge on any atom is -0.312 e. The highest BCUT2D eigenvalue weighted by molar-refractivity contribution is 6.07. The molecule has 1 fully saturated rings. The topological polar surface area (TPSA) is 62.2 Å². The molecule has 0 bridgehead atoms. The van der Waals surface area contributed by atoms with Crippen molar-refractivity contribution in [1.82, 2.24) is 14.9 Å². The van der Waals surface area contributed by atoms with Gasteiger partial charge in [0.15, 0.2) is 0 Å². The summed E-state index contributed by atoms with van der Waals surface area (Å²) in [6, 6.07) is 6.96. The van der Waals surface area contributed by atoms with Crippen LogP contribution in [-0.2, 0) is 6.42 Å². The van der Waals surface area contributed by atoms with E-state index in [0.29, 0.717) is 0 Å². The Morgan fingerprint density at radius 1 is 1.33 bits per heavy atom. The lowest BCUT2D eigenvalue weighted by molar-refractivity contribution is 0.603. The minimum absolute atomic E-state index is 0.0802. The number of hydrogen-bond acceptors (Lipinski definition) is 3. The largest absolute Gasteiger partial charge is 0.329 e. The van der Waals surface area contributed by atoms with Crippen LogP contribution in [0.1, 0.15) is 49.3 Å². The van der Waals surface area contributed by atoms with Crippen LogP contribution in [-0.4, -0.2) is 34.4 Å². The summed E-state index contributed by atoms with van der Waals surface area (Å²) < 4.78 is 1.80. The molecule has 5 nitrogen and oxygen atoms in total. The fourth-order valence-electron chi connectivity index (χ4n) is 4.55. The monoisotopic (exact) mass is 364 g/mol. The lowest BCUT2D eigenvalue weighted by atomic mass is 9.84. The maximum Gasteiger partial charge on any atom is 0.329 e. The number of H-pyrrole nitrogens is 1. The molecular weight excluding hydrogens is 336 g/mol. The molecule has 2 N–H and O–H groups in total. The first-order chi connectivity index (χ1) is 13.1. The van der Waals surface area contributed by atoms with Crippen LogP contribution in [0, 0.1) is 6.92 Å². The van der Waals surface area contributed by atoms with Crippen LogP contribution in [0.3, 0.4) is 0 Å². The summed E-state index contributed by atoms with van der Waals surface area (Å²) in [6.07, 6.45) is 6.45. The van der Waals surface area contributed by atoms with Gasteiger partial charge in [-0.1, -0.05) is 25.1 Å². The van der Waals surface area contributed by atoms with E-state index >= 15 is 0 Å². The summed E-state index contributed by atoms with van der Waals surface area (Å²) in [7, 11) is 0. The summed E-state index contributed by atoms with van der Waals surface area (Å²) in [5.74, 6) is 0.154. The minimum atomic E-state index is -0.0802. The van der Waals surface area contributed by atoms with Crippen LogP contribution in [0.2, 0.25) is 0 Å². The second-order valence-corrected chi connectivity index (χ2v) is 7.57. The molecule has 1 aromatic heterocycles. The van der Waals surface area contributed by atoms with Gasteiger partial charge < -0.3 is 10.3 Å². The predicted molar refractivity (Wildman–Crippen MR) is 111 cm³/mol. The quantitative estimate of drug-likeness (QED) is 0.878. The molecule has 142 valence electrons. The second kappa shape index (κ2) is 7.31. The maximum absolute atomic E-state index is 12.6. The smallest absolute Gasteiger partial charge is 0.312 e. The molecule has 0 radical (unpaired) electrons. The average Bonchev–Trinajstić information content (AvgIpc) is 2.97. The number of piperidine rings is 1. The van der Waals surface area contributed by atoms with Crippen LogP contribution in [0.25, 0.3) is 5.70 Å². The van der Waals surface area contributed by atoms with Gasteiger partial charge in [-0.3, -0.25) is 9.56 Å². The van der Waals surface area contributed by atoms with Crippen LogP contribution < -0.4 is 11.0 Å². The van der Waals surface area contributed by atoms with Crippen molar-refractivity contribution in [3.63, 3.8) is 0 Å². The van der Waals surface area contributed by atoms with Crippen LogP contribution in [0.5, 0.6) is 0 Å². The molecule has 1 saturated heterocycles. The van der Waals surface area contributed by atoms with E-state index in [4.69, 9.17) is 4.99 Å². The van der Waals surface area contributed by atoms with Gasteiger partial charge in [0.25, 0.3) is 0 Å². The van der Waals surface area contributed by atoms with E-state index in [1.807, 2.05) is 6.20 Å². The number of aliphatic imine (C=N–C) groups is 1. The summed E-state index contributed by atoms with van der Waals surface area (Å²) in [5.41, 5.74) is 7.33. The molecule has 5 heteroatoms. The van der Waals surface area contributed by atoms with E-state index in [-0.39, 0.29) is 17.6 Å². The number of aryl methyl sites for hydroxylation is 2. The van der Waals surface area contributed by atoms with Gasteiger partial charge in [0.1, 0.15) is 0 Å². The highest BCUT2D eigenvalue weighted by Gasteiger charge is 2.32. The molecule has 2 aromatic rings. The molecule has 27 heavy (non-hydrogen) atoms. The van der Waals surface area contributed by atoms with Gasteiger partial charge in [-0.25, -0.2) is 4.79 Å². The van der Waals surface area contributed by atoms with Crippen molar-refractivity contribution in [2.45, 2.75) is 52.0 Å². The number of aromatic amines is 1. The number of imidazole rings is 1. The van der Waals surface area contributed by atoms with Gasteiger partial charge in [-0.15, -0.1) is 0 Å². The predicted octanol–water partition coefficient (Wildman–Crippen LogP) is 3.27. The zero-order chi connectivity index (χ0) is 19.0. The Balaban J connectivity index is 1.93. The highest BCUT2D eigenvalue weighted by atomic mass is 16.1. The van der Waals surface area contributed by atoms with Crippen molar-refractivity contribution >= 4 is 11.4 Å². The third-order valence-corrected chi connectivity index (χ3v) is 5.94. The highest BCUT2D eigenvalue weighted by Crippen LogP contribution is 2.38.